The van der Waals surface area contributed by atoms with E-state index in [1.54, 1.807) is 4.68 Å². The summed E-state index contributed by atoms with van der Waals surface area (Å²) in [6.07, 6.45) is 1.61. The Morgan fingerprint density at radius 2 is 2.26 bits per heavy atom. The number of carbonyl (C=O) groups excluding carboxylic acids is 1. The molecule has 0 aliphatic carbocycles. The molecule has 8 heteroatoms. The molecule has 1 aliphatic heterocycles. The van der Waals surface area contributed by atoms with Crippen LogP contribution in [0.5, 0.6) is 0 Å². The maximum atomic E-state index is 12.4. The van der Waals surface area contributed by atoms with E-state index in [1.807, 2.05) is 37.3 Å². The number of anilines is 1. The van der Waals surface area contributed by atoms with Crippen molar-refractivity contribution in [1.29, 1.82) is 0 Å². The Bertz CT molecular complexity index is 636. The second-order valence-corrected chi connectivity index (χ2v) is 5.55. The van der Waals surface area contributed by atoms with E-state index in [2.05, 4.69) is 31.5 Å². The van der Waals surface area contributed by atoms with Crippen LogP contribution in [0.15, 0.2) is 30.3 Å². The lowest BCUT2D eigenvalue weighted by Gasteiger charge is -2.19. The van der Waals surface area contributed by atoms with Crippen LogP contribution in [-0.4, -0.2) is 51.3 Å². The fraction of sp³-hybridized carbons (Fsp3) is 0.467. The lowest BCUT2D eigenvalue weighted by atomic mass is 10.2. The highest BCUT2D eigenvalue weighted by Crippen LogP contribution is 2.12. The summed E-state index contributed by atoms with van der Waals surface area (Å²) in [5, 5.41) is 21.1. The van der Waals surface area contributed by atoms with Gasteiger partial charge in [-0.25, -0.2) is 0 Å². The van der Waals surface area contributed by atoms with E-state index in [4.69, 9.17) is 0 Å². The number of nitrogens with zero attached hydrogens (tertiary/aromatic N) is 4. The minimum Gasteiger partial charge on any atom is -0.350 e. The summed E-state index contributed by atoms with van der Waals surface area (Å²) in [6.45, 7) is 3.73. The molecule has 1 aliphatic rings. The maximum Gasteiger partial charge on any atom is 0.248 e. The molecule has 122 valence electrons. The fourth-order valence-electron chi connectivity index (χ4n) is 2.61. The number of hydrogen-bond acceptors (Lipinski definition) is 6. The van der Waals surface area contributed by atoms with Crippen molar-refractivity contribution in [2.45, 2.75) is 31.8 Å². The Kier molecular flexibility index (Phi) is 4.82. The molecule has 2 aromatic rings. The molecule has 1 aromatic heterocycles. The number of benzene rings is 1. The molecule has 8 nitrogen and oxygen atoms in total. The van der Waals surface area contributed by atoms with Gasteiger partial charge in [0.1, 0.15) is 6.04 Å². The van der Waals surface area contributed by atoms with Crippen LogP contribution in [0, 0.1) is 0 Å². The van der Waals surface area contributed by atoms with Crippen molar-refractivity contribution in [3.05, 3.63) is 30.3 Å². The number of hydrogen-bond donors (Lipinski definition) is 3. The molecule has 23 heavy (non-hydrogen) atoms. The van der Waals surface area contributed by atoms with Gasteiger partial charge in [0, 0.05) is 12.6 Å². The Balaban J connectivity index is 1.70. The van der Waals surface area contributed by atoms with Crippen LogP contribution in [0.4, 0.5) is 5.95 Å². The summed E-state index contributed by atoms with van der Waals surface area (Å²) >= 11 is 0. The minimum atomic E-state index is -0.371. The van der Waals surface area contributed by atoms with Crippen LogP contribution in [0.1, 0.15) is 19.8 Å². The van der Waals surface area contributed by atoms with E-state index in [1.165, 1.54) is 0 Å². The predicted molar refractivity (Wildman–Crippen MR) is 86.3 cm³/mol. The fourth-order valence-corrected chi connectivity index (χ4v) is 2.61. The Morgan fingerprint density at radius 3 is 2.96 bits per heavy atom. The maximum absolute atomic E-state index is 12.4. The van der Waals surface area contributed by atoms with Crippen LogP contribution in [0.25, 0.3) is 5.69 Å². The Labute approximate surface area is 134 Å². The number of tetrazole rings is 1. The average molecular weight is 315 g/mol. The molecule has 1 saturated heterocycles. The van der Waals surface area contributed by atoms with Gasteiger partial charge in [-0.3, -0.25) is 4.79 Å². The summed E-state index contributed by atoms with van der Waals surface area (Å²) < 4.78 is 1.59. The SMILES string of the molecule is CCC(Nc1nnnn1-c1ccccc1)C(=O)NC1CCNC1. The van der Waals surface area contributed by atoms with Gasteiger partial charge in [0.15, 0.2) is 0 Å². The smallest absolute Gasteiger partial charge is 0.248 e. The van der Waals surface area contributed by atoms with Gasteiger partial charge in [-0.05, 0) is 41.9 Å². The van der Waals surface area contributed by atoms with Gasteiger partial charge in [-0.2, -0.15) is 4.68 Å². The Hall–Kier alpha value is -2.48. The number of para-hydroxylation sites is 1. The molecule has 1 amide bonds. The predicted octanol–water partition coefficient (Wildman–Crippen LogP) is 0.331. The van der Waals surface area contributed by atoms with Gasteiger partial charge >= 0.3 is 0 Å². The van der Waals surface area contributed by atoms with Gasteiger partial charge in [0.2, 0.25) is 11.9 Å². The minimum absolute atomic E-state index is 0.0242. The van der Waals surface area contributed by atoms with Gasteiger partial charge in [0.25, 0.3) is 0 Å². The number of rotatable bonds is 6. The zero-order valence-corrected chi connectivity index (χ0v) is 13.1. The van der Waals surface area contributed by atoms with Crippen LogP contribution < -0.4 is 16.0 Å². The largest absolute Gasteiger partial charge is 0.350 e. The van der Waals surface area contributed by atoms with Crippen molar-refractivity contribution in [3.8, 4) is 5.69 Å². The van der Waals surface area contributed by atoms with Gasteiger partial charge in [0.05, 0.1) is 5.69 Å². The molecular weight excluding hydrogens is 294 g/mol. The molecule has 0 radical (unpaired) electrons. The zero-order valence-electron chi connectivity index (χ0n) is 13.1. The number of amides is 1. The summed E-state index contributed by atoms with van der Waals surface area (Å²) in [5.74, 6) is 0.437. The average Bonchev–Trinajstić information content (AvgIpc) is 3.24. The summed E-state index contributed by atoms with van der Waals surface area (Å²) in [4.78, 5) is 12.4. The standard InChI is InChI=1S/C15H21N7O/c1-2-13(14(23)17-11-8-9-16-10-11)18-15-19-20-21-22(15)12-6-4-3-5-7-12/h3-7,11,13,16H,2,8-10H2,1H3,(H,17,23)(H,18,19,21). The first-order chi connectivity index (χ1) is 11.3. The van der Waals surface area contributed by atoms with Crippen molar-refractivity contribution >= 4 is 11.9 Å². The molecule has 0 bridgehead atoms. The lowest BCUT2D eigenvalue weighted by Crippen LogP contribution is -2.45. The van der Waals surface area contributed by atoms with Crippen LogP contribution in [0.2, 0.25) is 0 Å². The zero-order chi connectivity index (χ0) is 16.1. The second-order valence-electron chi connectivity index (χ2n) is 5.55. The number of aromatic nitrogens is 4. The van der Waals surface area contributed by atoms with Gasteiger partial charge < -0.3 is 16.0 Å². The highest BCUT2D eigenvalue weighted by molar-refractivity contribution is 5.84. The molecule has 0 spiro atoms. The van der Waals surface area contributed by atoms with Crippen molar-refractivity contribution in [1.82, 2.24) is 30.8 Å². The third-order valence-corrected chi connectivity index (χ3v) is 3.91. The highest BCUT2D eigenvalue weighted by atomic mass is 16.2. The van der Waals surface area contributed by atoms with E-state index >= 15 is 0 Å². The topological polar surface area (TPSA) is 96.8 Å². The summed E-state index contributed by atoms with van der Waals surface area (Å²) in [6, 6.07) is 9.40. The van der Waals surface area contributed by atoms with E-state index in [-0.39, 0.29) is 18.0 Å². The molecule has 0 saturated carbocycles. The number of carbonyl (C=O) groups is 1. The van der Waals surface area contributed by atoms with Crippen LogP contribution >= 0.6 is 0 Å². The lowest BCUT2D eigenvalue weighted by molar-refractivity contribution is -0.122. The molecule has 2 atom stereocenters. The van der Waals surface area contributed by atoms with Crippen LogP contribution in [0.3, 0.4) is 0 Å². The van der Waals surface area contributed by atoms with Gasteiger partial charge in [-0.1, -0.05) is 30.2 Å². The third kappa shape index (κ3) is 3.65. The number of nitrogens with one attached hydrogen (secondary N) is 3. The van der Waals surface area contributed by atoms with E-state index < -0.39 is 0 Å². The molecule has 3 N–H and O–H groups in total. The Morgan fingerprint density at radius 1 is 1.43 bits per heavy atom. The summed E-state index contributed by atoms with van der Waals surface area (Å²) in [5.41, 5.74) is 0.843. The normalized spacial score (nSPS) is 18.6. The second kappa shape index (κ2) is 7.19. The molecule has 3 rings (SSSR count). The van der Waals surface area contributed by atoms with Crippen molar-refractivity contribution in [2.75, 3.05) is 18.4 Å². The van der Waals surface area contributed by atoms with Crippen molar-refractivity contribution < 1.29 is 4.79 Å². The van der Waals surface area contributed by atoms with Crippen LogP contribution in [-0.2, 0) is 4.79 Å². The molecule has 1 aromatic carbocycles. The van der Waals surface area contributed by atoms with E-state index in [9.17, 15) is 4.79 Å². The van der Waals surface area contributed by atoms with Crippen molar-refractivity contribution in [2.24, 2.45) is 0 Å². The van der Waals surface area contributed by atoms with Gasteiger partial charge in [-0.15, -0.1) is 0 Å². The molecule has 2 unspecified atom stereocenters. The van der Waals surface area contributed by atoms with E-state index in [0.29, 0.717) is 12.4 Å². The van der Waals surface area contributed by atoms with Crippen molar-refractivity contribution in [3.63, 3.8) is 0 Å². The molecular formula is C15H21N7O. The first-order valence-corrected chi connectivity index (χ1v) is 7.89. The monoisotopic (exact) mass is 315 g/mol. The highest BCUT2D eigenvalue weighted by Gasteiger charge is 2.23. The molecule has 2 heterocycles. The third-order valence-electron chi connectivity index (χ3n) is 3.91. The summed E-state index contributed by atoms with van der Waals surface area (Å²) in [7, 11) is 0. The first kappa shape index (κ1) is 15.4. The molecule has 1 fully saturated rings. The first-order valence-electron chi connectivity index (χ1n) is 7.89. The van der Waals surface area contributed by atoms with E-state index in [0.717, 1.165) is 25.2 Å². The quantitative estimate of drug-likeness (QED) is 0.711.